The van der Waals surface area contributed by atoms with Gasteiger partial charge in [0.25, 0.3) is 0 Å². The van der Waals surface area contributed by atoms with Crippen LogP contribution in [0.25, 0.3) is 10.1 Å². The van der Waals surface area contributed by atoms with Gasteiger partial charge in [-0.25, -0.2) is 4.98 Å². The third-order valence-corrected chi connectivity index (χ3v) is 4.06. The molecule has 4 nitrogen and oxygen atoms in total. The Hall–Kier alpha value is -1.72. The van der Waals surface area contributed by atoms with Crippen molar-refractivity contribution in [2.45, 2.75) is 13.0 Å². The molecule has 0 fully saturated rings. The molecule has 0 aliphatic rings. The van der Waals surface area contributed by atoms with E-state index in [1.807, 2.05) is 7.05 Å². The van der Waals surface area contributed by atoms with Gasteiger partial charge in [-0.1, -0.05) is 18.2 Å². The molecule has 0 radical (unpaired) electrons. The fourth-order valence-electron chi connectivity index (χ4n) is 2.09. The van der Waals surface area contributed by atoms with Gasteiger partial charge in [0.15, 0.2) is 5.82 Å². The van der Waals surface area contributed by atoms with Crippen LogP contribution in [0.4, 0.5) is 0 Å². The summed E-state index contributed by atoms with van der Waals surface area (Å²) in [5.41, 5.74) is 1.37. The standard InChI is InChI=1S/C14H16N4S/c1-18-10-16-14(17-18)6-7-15-8-11-9-19-13-5-3-2-4-12(11)13/h2-5,9-10,15H,6-8H2,1H3. The molecular formula is C14H16N4S. The van der Waals surface area contributed by atoms with Gasteiger partial charge >= 0.3 is 0 Å². The maximum Gasteiger partial charge on any atom is 0.151 e. The van der Waals surface area contributed by atoms with E-state index in [0.29, 0.717) is 0 Å². The number of nitrogens with one attached hydrogen (secondary N) is 1. The molecule has 2 heterocycles. The Morgan fingerprint density at radius 3 is 3.05 bits per heavy atom. The Morgan fingerprint density at radius 1 is 1.32 bits per heavy atom. The Morgan fingerprint density at radius 2 is 2.21 bits per heavy atom. The minimum absolute atomic E-state index is 0.864. The highest BCUT2D eigenvalue weighted by Crippen LogP contribution is 2.25. The zero-order valence-electron chi connectivity index (χ0n) is 10.8. The molecule has 3 aromatic rings. The average molecular weight is 272 g/mol. The predicted molar refractivity (Wildman–Crippen MR) is 78.2 cm³/mol. The third kappa shape index (κ3) is 2.83. The van der Waals surface area contributed by atoms with Crippen molar-refractivity contribution in [1.29, 1.82) is 0 Å². The first-order chi connectivity index (χ1) is 9.33. The summed E-state index contributed by atoms with van der Waals surface area (Å²) in [4.78, 5) is 4.21. The van der Waals surface area contributed by atoms with Crippen molar-refractivity contribution < 1.29 is 0 Å². The topological polar surface area (TPSA) is 42.7 Å². The number of rotatable bonds is 5. The van der Waals surface area contributed by atoms with Crippen LogP contribution in [0, 0.1) is 0 Å². The lowest BCUT2D eigenvalue weighted by Crippen LogP contribution is -2.17. The van der Waals surface area contributed by atoms with Crippen LogP contribution in [0.3, 0.4) is 0 Å². The predicted octanol–water partition coefficient (Wildman–Crippen LogP) is 2.36. The van der Waals surface area contributed by atoms with Gasteiger partial charge in [0, 0.05) is 31.3 Å². The van der Waals surface area contributed by atoms with Crippen molar-refractivity contribution in [3.63, 3.8) is 0 Å². The highest BCUT2D eigenvalue weighted by atomic mass is 32.1. The summed E-state index contributed by atoms with van der Waals surface area (Å²) in [5, 5.41) is 11.3. The molecule has 0 unspecified atom stereocenters. The number of benzene rings is 1. The Balaban J connectivity index is 1.55. The fourth-order valence-corrected chi connectivity index (χ4v) is 3.05. The molecule has 98 valence electrons. The van der Waals surface area contributed by atoms with Crippen LogP contribution in [0.5, 0.6) is 0 Å². The van der Waals surface area contributed by atoms with E-state index in [1.54, 1.807) is 22.3 Å². The maximum absolute atomic E-state index is 4.26. The molecule has 19 heavy (non-hydrogen) atoms. The minimum Gasteiger partial charge on any atom is -0.312 e. The van der Waals surface area contributed by atoms with Crippen LogP contribution in [0.2, 0.25) is 0 Å². The summed E-state index contributed by atoms with van der Waals surface area (Å²) in [7, 11) is 1.89. The maximum atomic E-state index is 4.26. The number of fused-ring (bicyclic) bond motifs is 1. The average Bonchev–Trinajstić information content (AvgIpc) is 3.02. The second-order valence-corrected chi connectivity index (χ2v) is 5.43. The molecule has 2 aromatic heterocycles. The van der Waals surface area contributed by atoms with Gasteiger partial charge in [-0.2, -0.15) is 5.10 Å². The SMILES string of the molecule is Cn1cnc(CCNCc2csc3ccccc23)n1. The fraction of sp³-hybridized carbons (Fsp3) is 0.286. The van der Waals surface area contributed by atoms with E-state index in [0.717, 1.165) is 25.3 Å². The summed E-state index contributed by atoms with van der Waals surface area (Å²) < 4.78 is 3.09. The summed E-state index contributed by atoms with van der Waals surface area (Å²) >= 11 is 1.80. The molecule has 5 heteroatoms. The Bertz CT molecular complexity index is 671. The zero-order chi connectivity index (χ0) is 13.1. The van der Waals surface area contributed by atoms with E-state index in [2.05, 4.69) is 45.0 Å². The molecule has 0 bridgehead atoms. The van der Waals surface area contributed by atoms with E-state index in [1.165, 1.54) is 15.6 Å². The first kappa shape index (κ1) is 12.3. The number of hydrogen-bond acceptors (Lipinski definition) is 4. The van der Waals surface area contributed by atoms with Crippen LogP contribution in [0.1, 0.15) is 11.4 Å². The quantitative estimate of drug-likeness (QED) is 0.725. The molecule has 0 amide bonds. The van der Waals surface area contributed by atoms with Crippen molar-refractivity contribution in [2.75, 3.05) is 6.54 Å². The van der Waals surface area contributed by atoms with Gasteiger partial charge < -0.3 is 5.32 Å². The highest BCUT2D eigenvalue weighted by Gasteiger charge is 2.03. The molecular weight excluding hydrogens is 256 g/mol. The largest absolute Gasteiger partial charge is 0.312 e. The summed E-state index contributed by atoms with van der Waals surface area (Å²) in [5.74, 6) is 0.894. The number of aryl methyl sites for hydroxylation is 1. The Kier molecular flexibility index (Phi) is 3.57. The minimum atomic E-state index is 0.864. The van der Waals surface area contributed by atoms with Gasteiger partial charge in [-0.05, 0) is 22.4 Å². The molecule has 0 saturated carbocycles. The second-order valence-electron chi connectivity index (χ2n) is 4.52. The van der Waals surface area contributed by atoms with Crippen molar-refractivity contribution in [3.8, 4) is 0 Å². The lowest BCUT2D eigenvalue weighted by atomic mass is 10.2. The van der Waals surface area contributed by atoms with Gasteiger partial charge in [-0.3, -0.25) is 4.68 Å². The summed E-state index contributed by atoms with van der Waals surface area (Å²) in [6.07, 6.45) is 2.60. The normalized spacial score (nSPS) is 11.2. The van der Waals surface area contributed by atoms with Crippen LogP contribution >= 0.6 is 11.3 Å². The van der Waals surface area contributed by atoms with Crippen LogP contribution in [-0.2, 0) is 20.0 Å². The van der Waals surface area contributed by atoms with Gasteiger partial charge in [0.2, 0.25) is 0 Å². The van der Waals surface area contributed by atoms with E-state index in [4.69, 9.17) is 0 Å². The number of hydrogen-bond donors (Lipinski definition) is 1. The van der Waals surface area contributed by atoms with E-state index in [-0.39, 0.29) is 0 Å². The summed E-state index contributed by atoms with van der Waals surface area (Å²) in [6.45, 7) is 1.80. The lowest BCUT2D eigenvalue weighted by Gasteiger charge is -2.02. The number of thiophene rings is 1. The van der Waals surface area contributed by atoms with Crippen molar-refractivity contribution in [1.82, 2.24) is 20.1 Å². The first-order valence-corrected chi connectivity index (χ1v) is 7.21. The summed E-state index contributed by atoms with van der Waals surface area (Å²) in [6, 6.07) is 8.53. The molecule has 3 rings (SSSR count). The first-order valence-electron chi connectivity index (χ1n) is 6.33. The van der Waals surface area contributed by atoms with Crippen molar-refractivity contribution >= 4 is 21.4 Å². The van der Waals surface area contributed by atoms with Gasteiger partial charge in [0.1, 0.15) is 6.33 Å². The van der Waals surface area contributed by atoms with E-state index < -0.39 is 0 Å². The molecule has 1 N–H and O–H groups in total. The van der Waals surface area contributed by atoms with E-state index in [9.17, 15) is 0 Å². The van der Waals surface area contributed by atoms with Gasteiger partial charge in [-0.15, -0.1) is 11.3 Å². The van der Waals surface area contributed by atoms with Crippen molar-refractivity contribution in [2.24, 2.45) is 7.05 Å². The smallest absolute Gasteiger partial charge is 0.151 e. The van der Waals surface area contributed by atoms with Crippen molar-refractivity contribution in [3.05, 3.63) is 47.4 Å². The second kappa shape index (κ2) is 5.50. The van der Waals surface area contributed by atoms with Gasteiger partial charge in [0.05, 0.1) is 0 Å². The lowest BCUT2D eigenvalue weighted by molar-refractivity contribution is 0.664. The molecule has 0 saturated heterocycles. The van der Waals surface area contributed by atoms with Crippen LogP contribution < -0.4 is 5.32 Å². The number of nitrogens with zero attached hydrogens (tertiary/aromatic N) is 3. The zero-order valence-corrected chi connectivity index (χ0v) is 11.7. The molecule has 0 aliphatic carbocycles. The molecule has 0 atom stereocenters. The molecule has 0 spiro atoms. The Labute approximate surface area is 116 Å². The molecule has 1 aromatic carbocycles. The molecule has 0 aliphatic heterocycles. The number of aromatic nitrogens is 3. The van der Waals surface area contributed by atoms with Crippen LogP contribution in [0.15, 0.2) is 36.0 Å². The van der Waals surface area contributed by atoms with E-state index >= 15 is 0 Å². The monoisotopic (exact) mass is 272 g/mol. The third-order valence-electron chi connectivity index (χ3n) is 3.05. The highest BCUT2D eigenvalue weighted by molar-refractivity contribution is 7.17. The van der Waals surface area contributed by atoms with Crippen LogP contribution in [-0.4, -0.2) is 21.3 Å².